The molecule has 3 rings (SSSR count). The fraction of sp³-hybridized carbons (Fsp3) is 0.586. The molecule has 35 heavy (non-hydrogen) atoms. The minimum atomic E-state index is -1.97. The molecule has 6 heteroatoms. The molecule has 2 aromatic carbocycles. The van der Waals surface area contributed by atoms with E-state index in [9.17, 15) is 5.11 Å². The normalized spacial score (nSPS) is 18.2. The zero-order valence-corrected chi connectivity index (χ0v) is 24.8. The summed E-state index contributed by atoms with van der Waals surface area (Å²) in [6.07, 6.45) is 3.23. The summed E-state index contributed by atoms with van der Waals surface area (Å²) in [5, 5.41) is 11.2. The number of aliphatic hydroxyl groups excluding tert-OH is 1. The number of aliphatic hydroxyl groups is 1. The van der Waals surface area contributed by atoms with Gasteiger partial charge in [0.2, 0.25) is 0 Å². The van der Waals surface area contributed by atoms with Crippen molar-refractivity contribution in [3.05, 3.63) is 71.8 Å². The van der Waals surface area contributed by atoms with Crippen molar-refractivity contribution in [2.75, 3.05) is 18.1 Å². The molecule has 1 heterocycles. The van der Waals surface area contributed by atoms with Crippen LogP contribution in [0.5, 0.6) is 0 Å². The molecule has 1 aliphatic heterocycles. The average molecular weight is 533 g/mol. The molecule has 194 valence electrons. The second kappa shape index (κ2) is 13.2. The van der Waals surface area contributed by atoms with Crippen molar-refractivity contribution < 1.29 is 14.3 Å². The highest BCUT2D eigenvalue weighted by atomic mass is 32.2. The molecule has 0 unspecified atom stereocenters. The van der Waals surface area contributed by atoms with Gasteiger partial charge in [0.15, 0.2) is 8.32 Å². The largest absolute Gasteiger partial charge is 0.410 e. The lowest BCUT2D eigenvalue weighted by atomic mass is 10.0. The zero-order valence-electron chi connectivity index (χ0n) is 22.2. The van der Waals surface area contributed by atoms with Gasteiger partial charge in [-0.15, -0.1) is 23.5 Å². The van der Waals surface area contributed by atoms with Crippen molar-refractivity contribution in [1.29, 1.82) is 0 Å². The highest BCUT2D eigenvalue weighted by Gasteiger charge is 2.43. The molecule has 1 fully saturated rings. The Morgan fingerprint density at radius 2 is 1.54 bits per heavy atom. The first-order valence-corrected chi connectivity index (χ1v) is 17.8. The summed E-state index contributed by atoms with van der Waals surface area (Å²) >= 11 is 4.06. The minimum Gasteiger partial charge on any atom is -0.410 e. The van der Waals surface area contributed by atoms with Crippen LogP contribution in [0.4, 0.5) is 0 Å². The van der Waals surface area contributed by atoms with Crippen LogP contribution in [0.1, 0.15) is 63.7 Å². The van der Waals surface area contributed by atoms with Crippen LogP contribution < -0.4 is 0 Å². The maximum atomic E-state index is 11.1. The molecular formula is C29H44O3S2Si. The molecule has 3 nitrogen and oxygen atoms in total. The smallest absolute Gasteiger partial charge is 0.192 e. The Morgan fingerprint density at radius 1 is 0.943 bits per heavy atom. The predicted molar refractivity (Wildman–Crippen MR) is 156 cm³/mol. The van der Waals surface area contributed by atoms with Crippen molar-refractivity contribution in [2.45, 2.75) is 87.5 Å². The van der Waals surface area contributed by atoms with Crippen LogP contribution >= 0.6 is 23.5 Å². The molecule has 1 aliphatic rings. The molecule has 0 aromatic heterocycles. The highest BCUT2D eigenvalue weighted by molar-refractivity contribution is 8.18. The van der Waals surface area contributed by atoms with E-state index >= 15 is 0 Å². The quantitative estimate of drug-likeness (QED) is 0.221. The van der Waals surface area contributed by atoms with Crippen molar-refractivity contribution in [1.82, 2.24) is 0 Å². The van der Waals surface area contributed by atoms with Gasteiger partial charge in [-0.3, -0.25) is 0 Å². The summed E-state index contributed by atoms with van der Waals surface area (Å²) in [5.41, 5.74) is 2.43. The van der Waals surface area contributed by atoms with Crippen LogP contribution in [-0.4, -0.2) is 41.7 Å². The Balaban J connectivity index is 1.68. The Bertz CT molecular complexity index is 865. The van der Waals surface area contributed by atoms with Crippen molar-refractivity contribution in [3.63, 3.8) is 0 Å². The number of thioether (sulfide) groups is 2. The Morgan fingerprint density at radius 3 is 2.14 bits per heavy atom. The van der Waals surface area contributed by atoms with Crippen LogP contribution in [0.25, 0.3) is 0 Å². The van der Waals surface area contributed by atoms with Crippen molar-refractivity contribution in [2.24, 2.45) is 0 Å². The summed E-state index contributed by atoms with van der Waals surface area (Å²) in [7, 11) is -1.97. The first kappa shape index (κ1) is 28.8. The first-order valence-electron chi connectivity index (χ1n) is 12.9. The van der Waals surface area contributed by atoms with Crippen molar-refractivity contribution >= 4 is 31.8 Å². The van der Waals surface area contributed by atoms with Gasteiger partial charge < -0.3 is 14.3 Å². The van der Waals surface area contributed by atoms with E-state index in [1.165, 1.54) is 17.5 Å². The maximum Gasteiger partial charge on any atom is 0.192 e. The van der Waals surface area contributed by atoms with E-state index < -0.39 is 8.32 Å². The number of hydrogen-bond donors (Lipinski definition) is 1. The van der Waals surface area contributed by atoms with Crippen LogP contribution in [0.3, 0.4) is 0 Å². The van der Waals surface area contributed by atoms with E-state index in [2.05, 4.69) is 76.3 Å². The molecule has 0 spiro atoms. The van der Waals surface area contributed by atoms with E-state index in [1.807, 2.05) is 41.7 Å². The Labute approximate surface area is 222 Å². The Hall–Kier alpha value is -0.763. The summed E-state index contributed by atoms with van der Waals surface area (Å²) in [6, 6.07) is 21.0. The summed E-state index contributed by atoms with van der Waals surface area (Å²) in [4.78, 5) is 0. The lowest BCUT2D eigenvalue weighted by Crippen LogP contribution is -2.43. The van der Waals surface area contributed by atoms with Gasteiger partial charge in [0.05, 0.1) is 22.9 Å². The lowest BCUT2D eigenvalue weighted by molar-refractivity contribution is 0.0661. The van der Waals surface area contributed by atoms with E-state index in [4.69, 9.17) is 9.16 Å². The summed E-state index contributed by atoms with van der Waals surface area (Å²) in [5.74, 6) is 2.29. The van der Waals surface area contributed by atoms with E-state index in [1.54, 1.807) is 0 Å². The fourth-order valence-electron chi connectivity index (χ4n) is 4.09. The number of ether oxygens (including phenoxy) is 1. The van der Waals surface area contributed by atoms with Gasteiger partial charge in [-0.1, -0.05) is 81.4 Å². The molecule has 0 saturated carbocycles. The molecule has 1 saturated heterocycles. The van der Waals surface area contributed by atoms with Gasteiger partial charge in [0.25, 0.3) is 0 Å². The Kier molecular flexibility index (Phi) is 10.8. The van der Waals surface area contributed by atoms with Crippen LogP contribution in [-0.2, 0) is 15.8 Å². The third kappa shape index (κ3) is 8.94. The van der Waals surface area contributed by atoms with Gasteiger partial charge in [-0.05, 0) is 60.0 Å². The topological polar surface area (TPSA) is 38.7 Å². The van der Waals surface area contributed by atoms with Crippen LogP contribution in [0, 0.1) is 0 Å². The van der Waals surface area contributed by atoms with E-state index in [0.717, 1.165) is 24.3 Å². The van der Waals surface area contributed by atoms with E-state index in [0.29, 0.717) is 19.6 Å². The monoisotopic (exact) mass is 532 g/mol. The first-order chi connectivity index (χ1) is 16.6. The standard InChI is InChI=1S/C29H44O3S2Si/c1-28(2,3)35(4,5)32-27(25-15-10-7-11-16-25)22-29(33-19-12-20-34-29)21-26(30)17-18-31-23-24-13-8-6-9-14-24/h6-11,13-16,26-27,30H,12,17-23H2,1-5H3/t26-,27+/m1/s1. The molecule has 0 radical (unpaired) electrons. The van der Waals surface area contributed by atoms with Crippen LogP contribution in [0.2, 0.25) is 18.1 Å². The third-order valence-electron chi connectivity index (χ3n) is 7.18. The fourth-order valence-corrected chi connectivity index (χ4v) is 8.87. The SMILES string of the molecule is CC(C)(C)[Si](C)(C)O[C@@H](CC1(C[C@H](O)CCOCc2ccccc2)SCCCS1)c1ccccc1. The average Bonchev–Trinajstić information content (AvgIpc) is 2.82. The second-order valence-corrected chi connectivity index (χ2v) is 19.1. The van der Waals surface area contributed by atoms with Crippen molar-refractivity contribution in [3.8, 4) is 0 Å². The minimum absolute atomic E-state index is 0.0386. The van der Waals surface area contributed by atoms with Gasteiger partial charge in [-0.25, -0.2) is 0 Å². The molecular weight excluding hydrogens is 489 g/mol. The predicted octanol–water partition coefficient (Wildman–Crippen LogP) is 8.06. The molecule has 0 bridgehead atoms. The molecule has 1 N–H and O–H groups in total. The molecule has 0 amide bonds. The summed E-state index contributed by atoms with van der Waals surface area (Å²) < 4.78 is 12.9. The third-order valence-corrected chi connectivity index (χ3v) is 15.1. The van der Waals surface area contributed by atoms with Gasteiger partial charge in [0, 0.05) is 13.0 Å². The number of benzene rings is 2. The molecule has 2 atom stereocenters. The molecule has 0 aliphatic carbocycles. The second-order valence-electron chi connectivity index (χ2n) is 11.1. The molecule has 2 aromatic rings. The van der Waals surface area contributed by atoms with Gasteiger partial charge in [0.1, 0.15) is 0 Å². The highest BCUT2D eigenvalue weighted by Crippen LogP contribution is 2.52. The lowest BCUT2D eigenvalue weighted by Gasteiger charge is -2.44. The zero-order chi connectivity index (χ0) is 25.4. The maximum absolute atomic E-state index is 11.1. The number of rotatable bonds is 12. The van der Waals surface area contributed by atoms with Gasteiger partial charge >= 0.3 is 0 Å². The van der Waals surface area contributed by atoms with Crippen LogP contribution in [0.15, 0.2) is 60.7 Å². The van der Waals surface area contributed by atoms with E-state index in [-0.39, 0.29) is 21.3 Å². The van der Waals surface area contributed by atoms with Gasteiger partial charge in [-0.2, -0.15) is 0 Å². The summed E-state index contributed by atoms with van der Waals surface area (Å²) in [6.45, 7) is 12.8. The number of hydrogen-bond acceptors (Lipinski definition) is 5.